The lowest BCUT2D eigenvalue weighted by molar-refractivity contribution is 0.0640. The number of carbonyl (C=O) groups is 1. The second kappa shape index (κ2) is 14.1. The Balaban J connectivity index is 1.78. The summed E-state index contributed by atoms with van der Waals surface area (Å²) in [5.74, 6) is 0.574. The molecule has 2 aromatic carbocycles. The monoisotopic (exact) mass is 560 g/mol. The molecule has 1 saturated carbocycles. The van der Waals surface area contributed by atoms with Gasteiger partial charge in [-0.05, 0) is 61.4 Å². The summed E-state index contributed by atoms with van der Waals surface area (Å²) in [7, 11) is -2.39. The molecule has 2 atom stereocenters. The highest BCUT2D eigenvalue weighted by molar-refractivity contribution is 7.89. The number of amides is 1. The SMILES string of the molecule is CCC1(COC(=O)NC(Cc2ccccc2)C(O)CN(CC(C)C)S(=O)(=O)c2ccc(OC)cc2)CCCC1. The largest absolute Gasteiger partial charge is 0.497 e. The van der Waals surface area contributed by atoms with E-state index in [0.29, 0.717) is 18.8 Å². The third kappa shape index (κ3) is 8.68. The molecule has 2 unspecified atom stereocenters. The van der Waals surface area contributed by atoms with Gasteiger partial charge in [-0.3, -0.25) is 0 Å². The zero-order valence-electron chi connectivity index (χ0n) is 23.6. The summed E-state index contributed by atoms with van der Waals surface area (Å²) in [5, 5.41) is 14.2. The van der Waals surface area contributed by atoms with E-state index in [1.807, 2.05) is 44.2 Å². The maximum absolute atomic E-state index is 13.6. The third-order valence-corrected chi connectivity index (χ3v) is 9.49. The molecule has 8 nitrogen and oxygen atoms in total. The highest BCUT2D eigenvalue weighted by Crippen LogP contribution is 2.41. The molecule has 0 aliphatic heterocycles. The quantitative estimate of drug-likeness (QED) is 0.337. The molecule has 0 aromatic heterocycles. The van der Waals surface area contributed by atoms with E-state index in [0.717, 1.165) is 37.7 Å². The van der Waals surface area contributed by atoms with Gasteiger partial charge in [-0.2, -0.15) is 4.31 Å². The Hall–Kier alpha value is -2.62. The van der Waals surface area contributed by atoms with Gasteiger partial charge >= 0.3 is 6.09 Å². The van der Waals surface area contributed by atoms with Gasteiger partial charge in [0.25, 0.3) is 0 Å². The van der Waals surface area contributed by atoms with Crippen molar-refractivity contribution in [3.63, 3.8) is 0 Å². The number of ether oxygens (including phenoxy) is 2. The van der Waals surface area contributed by atoms with Gasteiger partial charge in [-0.1, -0.05) is 63.9 Å². The van der Waals surface area contributed by atoms with Crippen LogP contribution in [0, 0.1) is 11.3 Å². The minimum Gasteiger partial charge on any atom is -0.497 e. The van der Waals surface area contributed by atoms with Crippen LogP contribution in [-0.2, 0) is 21.2 Å². The minimum atomic E-state index is -3.91. The number of rotatable bonds is 14. The van der Waals surface area contributed by atoms with E-state index in [1.165, 1.54) is 23.5 Å². The maximum atomic E-state index is 13.6. The summed E-state index contributed by atoms with van der Waals surface area (Å²) in [6.07, 6.45) is 3.88. The normalized spacial score (nSPS) is 16.7. The molecule has 3 rings (SSSR count). The second-order valence-electron chi connectivity index (χ2n) is 11.0. The van der Waals surface area contributed by atoms with Crippen molar-refractivity contribution in [3.05, 3.63) is 60.2 Å². The molecule has 1 aliphatic rings. The van der Waals surface area contributed by atoms with Crippen LogP contribution in [0.3, 0.4) is 0 Å². The van der Waals surface area contributed by atoms with Crippen LogP contribution in [0.25, 0.3) is 0 Å². The molecule has 0 heterocycles. The van der Waals surface area contributed by atoms with E-state index >= 15 is 0 Å². The Labute approximate surface area is 233 Å². The molecule has 39 heavy (non-hydrogen) atoms. The van der Waals surface area contributed by atoms with Gasteiger partial charge in [-0.15, -0.1) is 0 Å². The van der Waals surface area contributed by atoms with Crippen LogP contribution < -0.4 is 10.1 Å². The topological polar surface area (TPSA) is 105 Å². The Morgan fingerprint density at radius 2 is 1.69 bits per heavy atom. The molecule has 0 spiro atoms. The summed E-state index contributed by atoms with van der Waals surface area (Å²) in [6.45, 7) is 6.35. The fourth-order valence-corrected chi connectivity index (χ4v) is 6.82. The minimum absolute atomic E-state index is 0.0192. The van der Waals surface area contributed by atoms with Crippen molar-refractivity contribution in [2.75, 3.05) is 26.8 Å². The van der Waals surface area contributed by atoms with Crippen molar-refractivity contribution >= 4 is 16.1 Å². The molecular weight excluding hydrogens is 516 g/mol. The number of nitrogens with one attached hydrogen (secondary N) is 1. The van der Waals surface area contributed by atoms with Gasteiger partial charge in [0.05, 0.1) is 30.8 Å². The van der Waals surface area contributed by atoms with Gasteiger partial charge in [0, 0.05) is 18.5 Å². The highest BCUT2D eigenvalue weighted by Gasteiger charge is 2.35. The number of sulfonamides is 1. The first-order valence-electron chi connectivity index (χ1n) is 13.9. The average Bonchev–Trinajstić information content (AvgIpc) is 3.41. The summed E-state index contributed by atoms with van der Waals surface area (Å²) in [5.41, 5.74) is 0.932. The van der Waals surface area contributed by atoms with E-state index in [9.17, 15) is 18.3 Å². The van der Waals surface area contributed by atoms with Gasteiger partial charge < -0.3 is 19.9 Å². The van der Waals surface area contributed by atoms with Crippen molar-refractivity contribution in [1.29, 1.82) is 0 Å². The summed E-state index contributed by atoms with van der Waals surface area (Å²) >= 11 is 0. The molecule has 0 radical (unpaired) electrons. The van der Waals surface area contributed by atoms with Crippen LogP contribution in [0.5, 0.6) is 5.75 Å². The molecule has 1 aliphatic carbocycles. The van der Waals surface area contributed by atoms with Crippen molar-refractivity contribution < 1.29 is 27.8 Å². The van der Waals surface area contributed by atoms with Crippen molar-refractivity contribution in [2.45, 2.75) is 76.3 Å². The fraction of sp³-hybridized carbons (Fsp3) is 0.567. The molecule has 216 valence electrons. The molecule has 1 amide bonds. The predicted octanol–water partition coefficient (Wildman–Crippen LogP) is 5.01. The van der Waals surface area contributed by atoms with Crippen LogP contribution >= 0.6 is 0 Å². The third-order valence-electron chi connectivity index (χ3n) is 7.65. The van der Waals surface area contributed by atoms with Crippen molar-refractivity contribution in [1.82, 2.24) is 9.62 Å². The molecule has 9 heteroatoms. The molecule has 0 bridgehead atoms. The number of hydrogen-bond acceptors (Lipinski definition) is 6. The highest BCUT2D eigenvalue weighted by atomic mass is 32.2. The van der Waals surface area contributed by atoms with Crippen LogP contribution in [0.4, 0.5) is 4.79 Å². The number of hydrogen-bond donors (Lipinski definition) is 2. The zero-order valence-corrected chi connectivity index (χ0v) is 24.5. The Kier molecular flexibility index (Phi) is 11.2. The van der Waals surface area contributed by atoms with E-state index in [1.54, 1.807) is 12.1 Å². The van der Waals surface area contributed by atoms with Crippen LogP contribution in [0.15, 0.2) is 59.5 Å². The first kappa shape index (κ1) is 30.9. The summed E-state index contributed by atoms with van der Waals surface area (Å²) < 4.78 is 39.3. The lowest BCUT2D eigenvalue weighted by atomic mass is 9.84. The number of methoxy groups -OCH3 is 1. The Morgan fingerprint density at radius 3 is 2.26 bits per heavy atom. The first-order valence-corrected chi connectivity index (χ1v) is 15.3. The summed E-state index contributed by atoms with van der Waals surface area (Å²) in [6, 6.07) is 14.9. The number of benzene rings is 2. The van der Waals surface area contributed by atoms with Crippen LogP contribution in [0.2, 0.25) is 0 Å². The van der Waals surface area contributed by atoms with E-state index in [-0.39, 0.29) is 29.3 Å². The number of aliphatic hydroxyl groups is 1. The van der Waals surface area contributed by atoms with Crippen LogP contribution in [0.1, 0.15) is 58.4 Å². The Morgan fingerprint density at radius 1 is 1.05 bits per heavy atom. The van der Waals surface area contributed by atoms with Gasteiger partial charge in [0.15, 0.2) is 0 Å². The Bertz CT molecular complexity index is 1130. The molecule has 0 saturated heterocycles. The fourth-order valence-electron chi connectivity index (χ4n) is 5.20. The number of nitrogens with zero attached hydrogens (tertiary/aromatic N) is 1. The lowest BCUT2D eigenvalue weighted by Crippen LogP contribution is -2.51. The zero-order chi connectivity index (χ0) is 28.5. The number of alkyl carbamates (subject to hydrolysis) is 1. The van der Waals surface area contributed by atoms with Crippen molar-refractivity contribution in [2.24, 2.45) is 11.3 Å². The molecular formula is C30H44N2O6S. The molecule has 2 N–H and O–H groups in total. The van der Waals surface area contributed by atoms with Gasteiger partial charge in [0.1, 0.15) is 5.75 Å². The van der Waals surface area contributed by atoms with Gasteiger partial charge in [0.2, 0.25) is 10.0 Å². The predicted molar refractivity (Wildman–Crippen MR) is 152 cm³/mol. The van der Waals surface area contributed by atoms with E-state index in [4.69, 9.17) is 9.47 Å². The maximum Gasteiger partial charge on any atom is 0.407 e. The number of carbonyl (C=O) groups excluding carboxylic acids is 1. The molecule has 1 fully saturated rings. The second-order valence-corrected chi connectivity index (χ2v) is 13.0. The lowest BCUT2D eigenvalue weighted by Gasteiger charge is -2.31. The van der Waals surface area contributed by atoms with E-state index in [2.05, 4.69) is 12.2 Å². The first-order chi connectivity index (χ1) is 18.6. The summed E-state index contributed by atoms with van der Waals surface area (Å²) in [4.78, 5) is 13.0. The van der Waals surface area contributed by atoms with Crippen molar-refractivity contribution in [3.8, 4) is 5.75 Å². The number of aliphatic hydroxyl groups excluding tert-OH is 1. The smallest absolute Gasteiger partial charge is 0.407 e. The van der Waals surface area contributed by atoms with Crippen LogP contribution in [-0.4, -0.2) is 62.9 Å². The average molecular weight is 561 g/mol. The van der Waals surface area contributed by atoms with Gasteiger partial charge in [-0.25, -0.2) is 13.2 Å². The molecule has 2 aromatic rings. The standard InChI is InChI=1S/C30H44N2O6S/c1-5-30(17-9-10-18-30)22-38-29(34)31-27(19-24-11-7-6-8-12-24)28(33)21-32(20-23(2)3)39(35,36)26-15-13-25(37-4)14-16-26/h6-8,11-16,23,27-28,33H,5,9-10,17-22H2,1-4H3,(H,31,34). The van der Waals surface area contributed by atoms with E-state index < -0.39 is 28.3 Å².